The lowest BCUT2D eigenvalue weighted by molar-refractivity contribution is -0.119. The molecule has 0 aliphatic rings. The van der Waals surface area contributed by atoms with Crippen LogP contribution in [0.5, 0.6) is 5.75 Å². The van der Waals surface area contributed by atoms with Gasteiger partial charge in [-0.3, -0.25) is 14.5 Å². The highest BCUT2D eigenvalue weighted by molar-refractivity contribution is 6.30. The predicted octanol–water partition coefficient (Wildman–Crippen LogP) is 3.25. The molecule has 2 aromatic carbocycles. The fourth-order valence-electron chi connectivity index (χ4n) is 2.39. The van der Waals surface area contributed by atoms with E-state index in [9.17, 15) is 9.59 Å². The number of carbonyl (C=O) groups excluding carboxylic acids is 2. The molecule has 2 rings (SSSR count). The molecule has 0 saturated heterocycles. The third-order valence-electron chi connectivity index (χ3n) is 3.67. The van der Waals surface area contributed by atoms with Gasteiger partial charge in [-0.15, -0.1) is 0 Å². The summed E-state index contributed by atoms with van der Waals surface area (Å²) in [5, 5.41) is 6.12. The number of hydrogen-bond donors (Lipinski definition) is 2. The topological polar surface area (TPSA) is 70.7 Å². The summed E-state index contributed by atoms with van der Waals surface area (Å²) < 4.78 is 5.21. The van der Waals surface area contributed by atoms with E-state index >= 15 is 0 Å². The first kappa shape index (κ1) is 19.8. The normalized spacial score (nSPS) is 10.5. The van der Waals surface area contributed by atoms with Gasteiger partial charge < -0.3 is 15.4 Å². The van der Waals surface area contributed by atoms with Crippen molar-refractivity contribution in [2.24, 2.45) is 0 Å². The van der Waals surface area contributed by atoms with E-state index in [4.69, 9.17) is 16.3 Å². The van der Waals surface area contributed by atoms with Gasteiger partial charge in [0.25, 0.3) is 0 Å². The van der Waals surface area contributed by atoms with E-state index in [2.05, 4.69) is 10.6 Å². The van der Waals surface area contributed by atoms with Crippen molar-refractivity contribution < 1.29 is 14.3 Å². The van der Waals surface area contributed by atoms with E-state index < -0.39 is 0 Å². The van der Waals surface area contributed by atoms with Crippen LogP contribution in [-0.2, 0) is 9.59 Å². The maximum atomic E-state index is 12.3. The summed E-state index contributed by atoms with van der Waals surface area (Å²) in [4.78, 5) is 26.2. The molecule has 2 amide bonds. The van der Waals surface area contributed by atoms with Crippen LogP contribution in [0.15, 0.2) is 48.5 Å². The molecule has 0 spiro atoms. The molecule has 2 aromatic rings. The Kier molecular flexibility index (Phi) is 7.44. The molecule has 26 heavy (non-hydrogen) atoms. The number of likely N-dealkylation sites (N-methyl/N-ethyl adjacent to an activating group) is 1. The second-order valence-electron chi connectivity index (χ2n) is 5.61. The molecule has 0 radical (unpaired) electrons. The number of ether oxygens (including phenoxy) is 1. The second-order valence-corrected chi connectivity index (χ2v) is 6.05. The maximum absolute atomic E-state index is 12.3. The number of rotatable bonds is 8. The van der Waals surface area contributed by atoms with Crippen LogP contribution in [0.3, 0.4) is 0 Å². The van der Waals surface area contributed by atoms with Crippen LogP contribution >= 0.6 is 11.6 Å². The molecule has 0 aliphatic carbocycles. The number of methoxy groups -OCH3 is 1. The average Bonchev–Trinajstić information content (AvgIpc) is 2.61. The first-order chi connectivity index (χ1) is 12.5. The van der Waals surface area contributed by atoms with E-state index in [1.165, 1.54) is 0 Å². The van der Waals surface area contributed by atoms with Gasteiger partial charge in [-0.1, -0.05) is 36.7 Å². The summed E-state index contributed by atoms with van der Waals surface area (Å²) in [5.41, 5.74) is 1.22. The molecule has 6 nitrogen and oxygen atoms in total. The van der Waals surface area contributed by atoms with E-state index in [0.717, 1.165) is 0 Å². The quantitative estimate of drug-likeness (QED) is 0.743. The predicted molar refractivity (Wildman–Crippen MR) is 104 cm³/mol. The largest absolute Gasteiger partial charge is 0.495 e. The second kappa shape index (κ2) is 9.79. The smallest absolute Gasteiger partial charge is 0.238 e. The van der Waals surface area contributed by atoms with Gasteiger partial charge in [-0.2, -0.15) is 0 Å². The number of hydrogen-bond acceptors (Lipinski definition) is 4. The highest BCUT2D eigenvalue weighted by atomic mass is 35.5. The molecule has 0 unspecified atom stereocenters. The van der Waals surface area contributed by atoms with Gasteiger partial charge in [-0.05, 0) is 36.9 Å². The molecule has 0 heterocycles. The molecule has 138 valence electrons. The lowest BCUT2D eigenvalue weighted by Gasteiger charge is -2.19. The molecule has 7 heteroatoms. The number of nitrogens with one attached hydrogen (secondary N) is 2. The van der Waals surface area contributed by atoms with Crippen molar-refractivity contribution in [3.63, 3.8) is 0 Å². The Hall–Kier alpha value is -2.57. The zero-order valence-corrected chi connectivity index (χ0v) is 15.5. The number of carbonyl (C=O) groups is 2. The van der Waals surface area contributed by atoms with Crippen molar-refractivity contribution in [3.05, 3.63) is 53.6 Å². The Morgan fingerprint density at radius 2 is 1.73 bits per heavy atom. The Morgan fingerprint density at radius 3 is 2.38 bits per heavy atom. The zero-order chi connectivity index (χ0) is 18.9. The summed E-state index contributed by atoms with van der Waals surface area (Å²) in [7, 11) is 1.55. The van der Waals surface area contributed by atoms with E-state index in [1.807, 2.05) is 19.1 Å². The molecule has 0 atom stereocenters. The molecule has 2 N–H and O–H groups in total. The van der Waals surface area contributed by atoms with E-state index in [1.54, 1.807) is 48.4 Å². The number of halogens is 1. The minimum Gasteiger partial charge on any atom is -0.495 e. The minimum absolute atomic E-state index is 0.0948. The Morgan fingerprint density at radius 1 is 1.04 bits per heavy atom. The molecule has 0 fully saturated rings. The Bertz CT molecular complexity index is 767. The molecule has 0 aromatic heterocycles. The van der Waals surface area contributed by atoms with Crippen LogP contribution in [0.4, 0.5) is 11.4 Å². The van der Waals surface area contributed by atoms with Crippen molar-refractivity contribution in [1.29, 1.82) is 0 Å². The Labute approximate surface area is 158 Å². The summed E-state index contributed by atoms with van der Waals surface area (Å²) in [5.74, 6) is 0.161. The standard InChI is InChI=1S/C19H22ClN3O3/c1-3-23(12-18(24)21-15-8-6-7-14(20)11-15)13-19(25)22-16-9-4-5-10-17(16)26-2/h4-11H,3,12-13H2,1-2H3,(H,21,24)(H,22,25). The van der Waals surface area contributed by atoms with Crippen LogP contribution in [-0.4, -0.2) is 43.5 Å². The van der Waals surface area contributed by atoms with Gasteiger partial charge in [0, 0.05) is 10.7 Å². The number of amides is 2. The monoisotopic (exact) mass is 375 g/mol. The van der Waals surface area contributed by atoms with Crippen LogP contribution in [0.25, 0.3) is 0 Å². The van der Waals surface area contributed by atoms with E-state index in [-0.39, 0.29) is 24.9 Å². The maximum Gasteiger partial charge on any atom is 0.238 e. The summed E-state index contributed by atoms with van der Waals surface area (Å²) >= 11 is 5.91. The lowest BCUT2D eigenvalue weighted by Crippen LogP contribution is -2.38. The first-order valence-electron chi connectivity index (χ1n) is 8.22. The van der Waals surface area contributed by atoms with E-state index in [0.29, 0.717) is 28.7 Å². The van der Waals surface area contributed by atoms with Crippen LogP contribution in [0, 0.1) is 0 Å². The van der Waals surface area contributed by atoms with Crippen molar-refractivity contribution in [2.75, 3.05) is 37.4 Å². The molecule has 0 aliphatic heterocycles. The minimum atomic E-state index is -0.216. The summed E-state index contributed by atoms with van der Waals surface area (Å²) in [6.45, 7) is 2.64. The number of benzene rings is 2. The van der Waals surface area contributed by atoms with Crippen molar-refractivity contribution in [1.82, 2.24) is 4.90 Å². The van der Waals surface area contributed by atoms with Crippen LogP contribution in [0.2, 0.25) is 5.02 Å². The van der Waals surface area contributed by atoms with Crippen molar-refractivity contribution in [2.45, 2.75) is 6.92 Å². The number of para-hydroxylation sites is 2. The van der Waals surface area contributed by atoms with Crippen molar-refractivity contribution >= 4 is 34.8 Å². The SMILES string of the molecule is CCN(CC(=O)Nc1cccc(Cl)c1)CC(=O)Nc1ccccc1OC. The molecular formula is C19H22ClN3O3. The summed E-state index contributed by atoms with van der Waals surface area (Å²) in [6.07, 6.45) is 0. The van der Waals surface area contributed by atoms with Crippen LogP contribution in [0.1, 0.15) is 6.92 Å². The van der Waals surface area contributed by atoms with Gasteiger partial charge in [0.15, 0.2) is 0 Å². The molecular weight excluding hydrogens is 354 g/mol. The molecule has 0 saturated carbocycles. The van der Waals surface area contributed by atoms with Gasteiger partial charge in [-0.25, -0.2) is 0 Å². The number of anilines is 2. The fourth-order valence-corrected chi connectivity index (χ4v) is 2.58. The summed E-state index contributed by atoms with van der Waals surface area (Å²) in [6, 6.07) is 14.1. The third-order valence-corrected chi connectivity index (χ3v) is 3.91. The zero-order valence-electron chi connectivity index (χ0n) is 14.8. The molecule has 0 bridgehead atoms. The highest BCUT2D eigenvalue weighted by Crippen LogP contribution is 2.22. The van der Waals surface area contributed by atoms with Crippen LogP contribution < -0.4 is 15.4 Å². The first-order valence-corrected chi connectivity index (χ1v) is 8.60. The van der Waals surface area contributed by atoms with Gasteiger partial charge >= 0.3 is 0 Å². The Balaban J connectivity index is 1.89. The highest BCUT2D eigenvalue weighted by Gasteiger charge is 2.14. The third kappa shape index (κ3) is 6.06. The van der Waals surface area contributed by atoms with Crippen molar-refractivity contribution in [3.8, 4) is 5.75 Å². The lowest BCUT2D eigenvalue weighted by atomic mass is 10.3. The average molecular weight is 376 g/mol. The number of nitrogens with zero attached hydrogens (tertiary/aromatic N) is 1. The fraction of sp³-hybridized carbons (Fsp3) is 0.263. The van der Waals surface area contributed by atoms with Gasteiger partial charge in [0.05, 0.1) is 25.9 Å². The van der Waals surface area contributed by atoms with Gasteiger partial charge in [0.1, 0.15) is 5.75 Å². The van der Waals surface area contributed by atoms with Gasteiger partial charge in [0.2, 0.25) is 11.8 Å².